The van der Waals surface area contributed by atoms with Crippen LogP contribution in [0.25, 0.3) is 0 Å². The molecule has 0 heterocycles. The summed E-state index contributed by atoms with van der Waals surface area (Å²) in [6.45, 7) is 5.46. The summed E-state index contributed by atoms with van der Waals surface area (Å²) in [5.74, 6) is 0.0580. The van der Waals surface area contributed by atoms with Gasteiger partial charge in [0.05, 0.1) is 0 Å². The Bertz CT molecular complexity index is 366. The zero-order valence-corrected chi connectivity index (χ0v) is 8.79. The van der Waals surface area contributed by atoms with E-state index in [1.54, 1.807) is 13.0 Å². The molecule has 2 nitrogen and oxygen atoms in total. The lowest BCUT2D eigenvalue weighted by Gasteiger charge is -2.06. The van der Waals surface area contributed by atoms with E-state index in [0.29, 0.717) is 0 Å². The van der Waals surface area contributed by atoms with Gasteiger partial charge in [-0.05, 0) is 44.5 Å². The number of aryl methyl sites for hydroxylation is 1. The van der Waals surface area contributed by atoms with Crippen molar-refractivity contribution in [3.05, 3.63) is 41.6 Å². The first-order chi connectivity index (χ1) is 6.58. The first-order valence-corrected chi connectivity index (χ1v) is 4.60. The molecular weight excluding hydrogens is 174 g/mol. The van der Waals surface area contributed by atoms with Crippen LogP contribution in [-0.2, 0) is 4.79 Å². The maximum Gasteiger partial charge on any atom is 0.154 e. The van der Waals surface area contributed by atoms with Gasteiger partial charge in [-0.2, -0.15) is 0 Å². The lowest BCUT2D eigenvalue weighted by Crippen LogP contribution is -1.98. The maximum absolute atomic E-state index is 10.8. The minimum absolute atomic E-state index is 0.0580. The molecule has 14 heavy (non-hydrogen) atoms. The summed E-state index contributed by atoms with van der Waals surface area (Å²) in [7, 11) is 0. The molecule has 0 aliphatic carbocycles. The molecule has 2 heteroatoms. The quantitative estimate of drug-likeness (QED) is 0.741. The highest BCUT2D eigenvalue weighted by Gasteiger charge is 1.94. The average molecular weight is 189 g/mol. The van der Waals surface area contributed by atoms with Crippen LogP contribution in [0, 0.1) is 6.92 Å². The van der Waals surface area contributed by atoms with Gasteiger partial charge in [0.25, 0.3) is 0 Å². The number of hydrogen-bond donors (Lipinski definition) is 1. The van der Waals surface area contributed by atoms with Crippen molar-refractivity contribution >= 4 is 11.5 Å². The van der Waals surface area contributed by atoms with Gasteiger partial charge < -0.3 is 5.32 Å². The molecule has 0 amide bonds. The number of hydrogen-bond acceptors (Lipinski definition) is 2. The van der Waals surface area contributed by atoms with Crippen LogP contribution in [0.2, 0.25) is 0 Å². The normalized spacial score (nSPS) is 11.2. The van der Waals surface area contributed by atoms with Crippen molar-refractivity contribution < 1.29 is 4.79 Å². The van der Waals surface area contributed by atoms with Crippen LogP contribution >= 0.6 is 0 Å². The largest absolute Gasteiger partial charge is 0.359 e. The molecule has 0 bridgehead atoms. The first kappa shape index (κ1) is 10.5. The second-order valence-electron chi connectivity index (χ2n) is 3.43. The minimum atomic E-state index is 0.0580. The molecule has 0 aliphatic heterocycles. The molecule has 0 aromatic heterocycles. The Morgan fingerprint density at radius 3 is 2.64 bits per heavy atom. The fourth-order valence-electron chi connectivity index (χ4n) is 1.29. The van der Waals surface area contributed by atoms with Gasteiger partial charge in [-0.25, -0.2) is 0 Å². The minimum Gasteiger partial charge on any atom is -0.359 e. The van der Waals surface area contributed by atoms with Crippen molar-refractivity contribution in [3.63, 3.8) is 0 Å². The molecule has 0 saturated heterocycles. The Morgan fingerprint density at radius 1 is 1.36 bits per heavy atom. The summed E-state index contributed by atoms with van der Waals surface area (Å²) in [6, 6.07) is 8.04. The number of benzene rings is 1. The molecule has 0 aliphatic rings. The first-order valence-electron chi connectivity index (χ1n) is 4.60. The molecule has 1 N–H and O–H groups in total. The van der Waals surface area contributed by atoms with E-state index in [-0.39, 0.29) is 5.78 Å². The number of carbonyl (C=O) groups excluding carboxylic acids is 1. The molecule has 0 saturated carbocycles. The summed E-state index contributed by atoms with van der Waals surface area (Å²) >= 11 is 0. The SMILES string of the molecule is CC(=O)/C=C(\C)Nc1cccc(C)c1. The van der Waals surface area contributed by atoms with Crippen LogP contribution in [-0.4, -0.2) is 5.78 Å². The highest BCUT2D eigenvalue weighted by Crippen LogP contribution is 2.11. The van der Waals surface area contributed by atoms with E-state index >= 15 is 0 Å². The maximum atomic E-state index is 10.8. The summed E-state index contributed by atoms with van der Waals surface area (Å²) in [4.78, 5) is 10.8. The topological polar surface area (TPSA) is 29.1 Å². The standard InChI is InChI=1S/C12H15NO/c1-9-5-4-6-12(7-9)13-10(2)8-11(3)14/h4-8,13H,1-3H3/b10-8+. The predicted molar refractivity (Wildman–Crippen MR) is 59.2 cm³/mol. The van der Waals surface area contributed by atoms with E-state index in [1.165, 1.54) is 5.56 Å². The Kier molecular flexibility index (Phi) is 3.46. The molecule has 1 rings (SSSR count). The van der Waals surface area contributed by atoms with E-state index in [4.69, 9.17) is 0 Å². The van der Waals surface area contributed by atoms with Crippen LogP contribution in [0.15, 0.2) is 36.0 Å². The van der Waals surface area contributed by atoms with Gasteiger partial charge in [0.1, 0.15) is 0 Å². The van der Waals surface area contributed by atoms with Gasteiger partial charge >= 0.3 is 0 Å². The number of nitrogens with one attached hydrogen (secondary N) is 1. The Balaban J connectivity index is 2.74. The summed E-state index contributed by atoms with van der Waals surface area (Å²) in [5.41, 5.74) is 3.08. The number of anilines is 1. The Hall–Kier alpha value is -1.57. The monoisotopic (exact) mass is 189 g/mol. The van der Waals surface area contributed by atoms with Crippen LogP contribution in [0.3, 0.4) is 0 Å². The highest BCUT2D eigenvalue weighted by molar-refractivity contribution is 5.88. The summed E-state index contributed by atoms with van der Waals surface area (Å²) < 4.78 is 0. The van der Waals surface area contributed by atoms with Crippen molar-refractivity contribution in [1.29, 1.82) is 0 Å². The van der Waals surface area contributed by atoms with E-state index in [1.807, 2.05) is 38.1 Å². The van der Waals surface area contributed by atoms with Gasteiger partial charge in [0.2, 0.25) is 0 Å². The van der Waals surface area contributed by atoms with Crippen LogP contribution < -0.4 is 5.32 Å². The average Bonchev–Trinajstić information content (AvgIpc) is 2.01. The number of rotatable bonds is 3. The van der Waals surface area contributed by atoms with Crippen molar-refractivity contribution in [2.75, 3.05) is 5.32 Å². The molecular formula is C12H15NO. The van der Waals surface area contributed by atoms with Gasteiger partial charge in [-0.15, -0.1) is 0 Å². The third-order valence-corrected chi connectivity index (χ3v) is 1.78. The van der Waals surface area contributed by atoms with Gasteiger partial charge in [0.15, 0.2) is 5.78 Å². The van der Waals surface area contributed by atoms with E-state index in [2.05, 4.69) is 5.32 Å². The van der Waals surface area contributed by atoms with Crippen LogP contribution in [0.5, 0.6) is 0 Å². The molecule has 74 valence electrons. The van der Waals surface area contributed by atoms with E-state index in [9.17, 15) is 4.79 Å². The van der Waals surface area contributed by atoms with Gasteiger partial charge in [-0.3, -0.25) is 4.79 Å². The lowest BCUT2D eigenvalue weighted by molar-refractivity contribution is -0.112. The highest BCUT2D eigenvalue weighted by atomic mass is 16.1. The molecule has 1 aromatic rings. The summed E-state index contributed by atoms with van der Waals surface area (Å²) in [5, 5.41) is 3.15. The lowest BCUT2D eigenvalue weighted by atomic mass is 10.2. The third-order valence-electron chi connectivity index (χ3n) is 1.78. The molecule has 0 radical (unpaired) electrons. The van der Waals surface area contributed by atoms with Crippen molar-refractivity contribution in [2.45, 2.75) is 20.8 Å². The second-order valence-corrected chi connectivity index (χ2v) is 3.43. The van der Waals surface area contributed by atoms with Crippen molar-refractivity contribution in [2.24, 2.45) is 0 Å². The molecule has 1 aromatic carbocycles. The number of allylic oxidation sites excluding steroid dienone is 2. The fourth-order valence-corrected chi connectivity index (χ4v) is 1.29. The smallest absolute Gasteiger partial charge is 0.154 e. The number of ketones is 1. The van der Waals surface area contributed by atoms with Crippen molar-refractivity contribution in [1.82, 2.24) is 0 Å². The molecule has 0 atom stereocenters. The second kappa shape index (κ2) is 4.61. The zero-order chi connectivity index (χ0) is 10.6. The predicted octanol–water partition coefficient (Wildman–Crippen LogP) is 2.90. The third kappa shape index (κ3) is 3.44. The molecule has 0 unspecified atom stereocenters. The Morgan fingerprint density at radius 2 is 2.07 bits per heavy atom. The zero-order valence-electron chi connectivity index (χ0n) is 8.79. The van der Waals surface area contributed by atoms with Gasteiger partial charge in [-0.1, -0.05) is 12.1 Å². The fraction of sp³-hybridized carbons (Fsp3) is 0.250. The van der Waals surface area contributed by atoms with Crippen LogP contribution in [0.4, 0.5) is 5.69 Å². The summed E-state index contributed by atoms with van der Waals surface area (Å²) in [6.07, 6.45) is 1.59. The number of carbonyl (C=O) groups is 1. The van der Waals surface area contributed by atoms with E-state index in [0.717, 1.165) is 11.4 Å². The Labute approximate surface area is 84.6 Å². The van der Waals surface area contributed by atoms with E-state index < -0.39 is 0 Å². The van der Waals surface area contributed by atoms with Gasteiger partial charge in [0, 0.05) is 11.4 Å². The molecule has 0 spiro atoms. The van der Waals surface area contributed by atoms with Crippen molar-refractivity contribution in [3.8, 4) is 0 Å². The van der Waals surface area contributed by atoms with Crippen LogP contribution in [0.1, 0.15) is 19.4 Å². The molecule has 0 fully saturated rings.